The van der Waals surface area contributed by atoms with Crippen LogP contribution in [0.2, 0.25) is 15.1 Å². The van der Waals surface area contributed by atoms with Crippen LogP contribution in [0.3, 0.4) is 0 Å². The van der Waals surface area contributed by atoms with Crippen LogP contribution in [-0.4, -0.2) is 0 Å². The lowest BCUT2D eigenvalue weighted by Crippen LogP contribution is -2.13. The van der Waals surface area contributed by atoms with E-state index in [1.807, 2.05) is 38.1 Å². The molecule has 2 N–H and O–H groups in total. The predicted octanol–water partition coefficient (Wildman–Crippen LogP) is 5.31. The molecule has 1 nitrogen and oxygen atoms in total. The van der Waals surface area contributed by atoms with E-state index >= 15 is 0 Å². The van der Waals surface area contributed by atoms with Gasteiger partial charge in [0.2, 0.25) is 0 Å². The van der Waals surface area contributed by atoms with Crippen molar-refractivity contribution in [2.24, 2.45) is 5.73 Å². The Labute approximate surface area is 128 Å². The number of rotatable bonds is 2. The van der Waals surface area contributed by atoms with Gasteiger partial charge in [-0.05, 0) is 60.4 Å². The van der Waals surface area contributed by atoms with E-state index in [9.17, 15) is 0 Å². The molecule has 0 heterocycles. The van der Waals surface area contributed by atoms with Crippen molar-refractivity contribution in [1.82, 2.24) is 0 Å². The van der Waals surface area contributed by atoms with Crippen LogP contribution in [0.1, 0.15) is 28.3 Å². The van der Waals surface area contributed by atoms with Crippen molar-refractivity contribution in [2.75, 3.05) is 0 Å². The second-order valence-electron chi connectivity index (χ2n) is 4.64. The molecule has 2 aromatic carbocycles. The monoisotopic (exact) mass is 313 g/mol. The molecule has 4 heteroatoms. The first kappa shape index (κ1) is 14.7. The van der Waals surface area contributed by atoms with Crippen molar-refractivity contribution in [1.29, 1.82) is 0 Å². The van der Waals surface area contributed by atoms with E-state index < -0.39 is 0 Å². The molecule has 0 aliphatic carbocycles. The van der Waals surface area contributed by atoms with Crippen molar-refractivity contribution in [2.45, 2.75) is 19.9 Å². The number of aryl methyl sites for hydroxylation is 2. The number of hydrogen-bond donors (Lipinski definition) is 1. The highest BCUT2D eigenvalue weighted by atomic mass is 35.5. The molecule has 1 unspecified atom stereocenters. The Kier molecular flexibility index (Phi) is 4.42. The van der Waals surface area contributed by atoms with E-state index in [0.29, 0.717) is 10.0 Å². The number of benzene rings is 2. The van der Waals surface area contributed by atoms with E-state index in [1.54, 1.807) is 6.07 Å². The van der Waals surface area contributed by atoms with Crippen LogP contribution in [0.4, 0.5) is 0 Å². The summed E-state index contributed by atoms with van der Waals surface area (Å²) in [6.07, 6.45) is 0. The topological polar surface area (TPSA) is 26.0 Å². The normalized spacial score (nSPS) is 12.5. The summed E-state index contributed by atoms with van der Waals surface area (Å²) < 4.78 is 0. The zero-order chi connectivity index (χ0) is 14.2. The molecular formula is C15H14Cl3N. The third-order valence-electron chi connectivity index (χ3n) is 3.13. The first-order valence-corrected chi connectivity index (χ1v) is 7.00. The summed E-state index contributed by atoms with van der Waals surface area (Å²) >= 11 is 18.1. The first-order valence-electron chi connectivity index (χ1n) is 5.86. The van der Waals surface area contributed by atoms with Crippen molar-refractivity contribution in [3.63, 3.8) is 0 Å². The third-order valence-corrected chi connectivity index (χ3v) is 3.97. The Bertz CT molecular complexity index is 603. The van der Waals surface area contributed by atoms with E-state index in [2.05, 4.69) is 0 Å². The maximum atomic E-state index is 6.31. The lowest BCUT2D eigenvalue weighted by molar-refractivity contribution is 0.860. The van der Waals surface area contributed by atoms with Crippen molar-refractivity contribution < 1.29 is 0 Å². The number of halogens is 3. The van der Waals surface area contributed by atoms with Crippen molar-refractivity contribution in [3.05, 3.63) is 67.7 Å². The number of hydrogen-bond acceptors (Lipinski definition) is 1. The molecule has 2 rings (SSSR count). The highest BCUT2D eigenvalue weighted by Gasteiger charge is 2.14. The van der Waals surface area contributed by atoms with Gasteiger partial charge in [-0.3, -0.25) is 0 Å². The molecule has 0 radical (unpaired) electrons. The van der Waals surface area contributed by atoms with Gasteiger partial charge in [0.05, 0.1) is 6.04 Å². The van der Waals surface area contributed by atoms with Gasteiger partial charge < -0.3 is 5.73 Å². The summed E-state index contributed by atoms with van der Waals surface area (Å²) in [6, 6.07) is 9.03. The fourth-order valence-electron chi connectivity index (χ4n) is 2.07. The summed E-state index contributed by atoms with van der Waals surface area (Å²) in [7, 11) is 0. The molecule has 0 aromatic heterocycles. The first-order chi connectivity index (χ1) is 8.88. The van der Waals surface area contributed by atoms with E-state index in [-0.39, 0.29) is 6.04 Å². The fourth-order valence-corrected chi connectivity index (χ4v) is 2.83. The van der Waals surface area contributed by atoms with Gasteiger partial charge in [-0.15, -0.1) is 0 Å². The molecular weight excluding hydrogens is 301 g/mol. The van der Waals surface area contributed by atoms with E-state index in [1.165, 1.54) is 0 Å². The highest BCUT2D eigenvalue weighted by molar-refractivity contribution is 6.34. The summed E-state index contributed by atoms with van der Waals surface area (Å²) in [5, 5.41) is 1.92. The van der Waals surface area contributed by atoms with Gasteiger partial charge in [-0.1, -0.05) is 40.9 Å². The second kappa shape index (κ2) is 5.72. The number of nitrogens with two attached hydrogens (primary N) is 1. The molecule has 100 valence electrons. The Balaban J connectivity index is 2.49. The maximum absolute atomic E-state index is 6.31. The van der Waals surface area contributed by atoms with Crippen molar-refractivity contribution >= 4 is 34.8 Å². The van der Waals surface area contributed by atoms with E-state index in [4.69, 9.17) is 40.5 Å². The van der Waals surface area contributed by atoms with Crippen LogP contribution >= 0.6 is 34.8 Å². The fraction of sp³-hybridized carbons (Fsp3) is 0.200. The minimum Gasteiger partial charge on any atom is -0.320 e. The van der Waals surface area contributed by atoms with Crippen LogP contribution in [0.25, 0.3) is 0 Å². The van der Waals surface area contributed by atoms with Crippen LogP contribution < -0.4 is 5.73 Å². The van der Waals surface area contributed by atoms with Gasteiger partial charge in [0.1, 0.15) is 0 Å². The average molecular weight is 315 g/mol. The molecule has 0 amide bonds. The highest BCUT2D eigenvalue weighted by Crippen LogP contribution is 2.30. The third kappa shape index (κ3) is 3.24. The van der Waals surface area contributed by atoms with Gasteiger partial charge in [-0.25, -0.2) is 0 Å². The van der Waals surface area contributed by atoms with E-state index in [0.717, 1.165) is 27.3 Å². The average Bonchev–Trinajstić information content (AvgIpc) is 2.31. The minimum atomic E-state index is -0.271. The standard InChI is InChI=1S/C15H14Cl3N/c1-8-4-14(18)9(2)3-13(8)15(19)10-5-11(16)7-12(17)6-10/h3-7,15H,19H2,1-2H3. The Morgan fingerprint density at radius 2 is 1.42 bits per heavy atom. The van der Waals surface area contributed by atoms with Crippen molar-refractivity contribution in [3.8, 4) is 0 Å². The minimum absolute atomic E-state index is 0.271. The molecule has 0 aliphatic heterocycles. The van der Waals surface area contributed by atoms with Gasteiger partial charge in [0.15, 0.2) is 0 Å². The summed E-state index contributed by atoms with van der Waals surface area (Å²) in [5.74, 6) is 0. The van der Waals surface area contributed by atoms with Gasteiger partial charge >= 0.3 is 0 Å². The SMILES string of the molecule is Cc1cc(C(N)c2cc(Cl)cc(Cl)c2)c(C)cc1Cl. The smallest absolute Gasteiger partial charge is 0.0555 e. The Hall–Kier alpha value is -0.730. The summed E-state index contributed by atoms with van der Waals surface area (Å²) in [6.45, 7) is 3.95. The molecule has 0 spiro atoms. The zero-order valence-corrected chi connectivity index (χ0v) is 12.9. The predicted molar refractivity (Wildman–Crippen MR) is 83.4 cm³/mol. The van der Waals surface area contributed by atoms with Crippen LogP contribution in [-0.2, 0) is 0 Å². The molecule has 0 aliphatic rings. The van der Waals surface area contributed by atoms with Crippen LogP contribution in [0, 0.1) is 13.8 Å². The lowest BCUT2D eigenvalue weighted by atomic mass is 9.94. The molecule has 0 fully saturated rings. The zero-order valence-electron chi connectivity index (χ0n) is 10.7. The largest absolute Gasteiger partial charge is 0.320 e. The molecule has 1 atom stereocenters. The molecule has 0 bridgehead atoms. The van der Waals surface area contributed by atoms with Gasteiger partial charge in [-0.2, -0.15) is 0 Å². The molecule has 0 saturated heterocycles. The quantitative estimate of drug-likeness (QED) is 0.798. The summed E-state index contributed by atoms with van der Waals surface area (Å²) in [4.78, 5) is 0. The second-order valence-corrected chi connectivity index (χ2v) is 5.92. The summed E-state index contributed by atoms with van der Waals surface area (Å²) in [5.41, 5.74) is 10.3. The van der Waals surface area contributed by atoms with Crippen LogP contribution in [0.15, 0.2) is 30.3 Å². The van der Waals surface area contributed by atoms with Gasteiger partial charge in [0, 0.05) is 15.1 Å². The Morgan fingerprint density at radius 3 is 2.00 bits per heavy atom. The Morgan fingerprint density at radius 1 is 0.842 bits per heavy atom. The van der Waals surface area contributed by atoms with Crippen LogP contribution in [0.5, 0.6) is 0 Å². The maximum Gasteiger partial charge on any atom is 0.0555 e. The van der Waals surface area contributed by atoms with Gasteiger partial charge in [0.25, 0.3) is 0 Å². The molecule has 2 aromatic rings. The lowest BCUT2D eigenvalue weighted by Gasteiger charge is -2.17. The molecule has 19 heavy (non-hydrogen) atoms. The molecule has 0 saturated carbocycles.